The van der Waals surface area contributed by atoms with Gasteiger partial charge < -0.3 is 19.5 Å². The number of amides is 2. The minimum absolute atomic E-state index is 0.346. The molecule has 9 heteroatoms. The van der Waals surface area contributed by atoms with Crippen molar-refractivity contribution >= 4 is 29.2 Å². The maximum Gasteiger partial charge on any atom is 0.343 e. The van der Waals surface area contributed by atoms with Crippen LogP contribution >= 0.6 is 0 Å². The molecule has 0 atom stereocenters. The van der Waals surface area contributed by atoms with Crippen LogP contribution in [0.3, 0.4) is 0 Å². The summed E-state index contributed by atoms with van der Waals surface area (Å²) < 4.78 is 15.9. The molecule has 0 aliphatic rings. The Morgan fingerprint density at radius 3 is 2.11 bits per heavy atom. The van der Waals surface area contributed by atoms with Crippen LogP contribution in [0, 0.1) is 0 Å². The van der Waals surface area contributed by atoms with Crippen molar-refractivity contribution in [1.82, 2.24) is 5.43 Å². The number of hydrazone groups is 1. The molecule has 35 heavy (non-hydrogen) atoms. The summed E-state index contributed by atoms with van der Waals surface area (Å²) in [5.74, 6) is -0.868. The lowest BCUT2D eigenvalue weighted by Gasteiger charge is -2.10. The lowest BCUT2D eigenvalue weighted by Crippen LogP contribution is -2.33. The zero-order valence-corrected chi connectivity index (χ0v) is 19.5. The highest BCUT2D eigenvalue weighted by atomic mass is 16.5. The first-order valence-corrected chi connectivity index (χ1v) is 10.8. The first kappa shape index (κ1) is 25.0. The van der Waals surface area contributed by atoms with E-state index in [9.17, 15) is 14.4 Å². The van der Waals surface area contributed by atoms with E-state index < -0.39 is 17.8 Å². The van der Waals surface area contributed by atoms with Gasteiger partial charge >= 0.3 is 17.8 Å². The molecule has 2 amide bonds. The number of para-hydroxylation sites is 2. The van der Waals surface area contributed by atoms with Crippen molar-refractivity contribution in [3.8, 4) is 17.2 Å². The predicted octanol–water partition coefficient (Wildman–Crippen LogP) is 3.79. The summed E-state index contributed by atoms with van der Waals surface area (Å²) in [6, 6.07) is 19.9. The molecule has 0 saturated heterocycles. The summed E-state index contributed by atoms with van der Waals surface area (Å²) in [7, 11) is 1.55. The molecule has 0 aromatic heterocycles. The molecule has 0 aliphatic heterocycles. The van der Waals surface area contributed by atoms with Crippen LogP contribution in [-0.4, -0.2) is 37.2 Å². The highest BCUT2D eigenvalue weighted by Crippen LogP contribution is 2.23. The number of hydrogen-bond acceptors (Lipinski definition) is 7. The molecule has 0 unspecified atom stereocenters. The second-order valence-corrected chi connectivity index (χ2v) is 7.16. The first-order chi connectivity index (χ1) is 16.9. The Balaban J connectivity index is 1.56. The molecular weight excluding hydrogens is 450 g/mol. The number of nitrogens with zero attached hydrogens (tertiary/aromatic N) is 1. The Hall–Kier alpha value is -4.66. The lowest BCUT2D eigenvalue weighted by molar-refractivity contribution is -0.136. The van der Waals surface area contributed by atoms with E-state index in [2.05, 4.69) is 15.8 Å². The third-order valence-electron chi connectivity index (χ3n) is 4.77. The maximum absolute atomic E-state index is 12.3. The molecule has 0 heterocycles. The predicted molar refractivity (Wildman–Crippen MR) is 131 cm³/mol. The number of carbonyl (C=O) groups is 3. The van der Waals surface area contributed by atoms with Crippen LogP contribution in [0.15, 0.2) is 77.9 Å². The molecule has 0 fully saturated rings. The van der Waals surface area contributed by atoms with E-state index in [1.54, 1.807) is 86.8 Å². The van der Waals surface area contributed by atoms with Crippen molar-refractivity contribution in [3.05, 3.63) is 83.9 Å². The number of nitrogens with one attached hydrogen (secondary N) is 2. The summed E-state index contributed by atoms with van der Waals surface area (Å²) in [6.45, 7) is 3.91. The molecule has 3 aromatic carbocycles. The fourth-order valence-corrected chi connectivity index (χ4v) is 2.94. The SMILES string of the molecule is CCOc1ccccc1NC(=O)C(=O)N/N=C(\C)c1ccc(OC(=O)c2ccc(OC)cc2)cc1. The summed E-state index contributed by atoms with van der Waals surface area (Å²) in [4.78, 5) is 36.7. The standard InChI is InChI=1S/C26H25N3O6/c1-4-34-23-8-6-5-7-22(23)27-24(30)25(31)29-28-17(2)18-9-15-21(16-10-18)35-26(32)19-11-13-20(33-3)14-12-19/h5-16H,4H2,1-3H3,(H,27,30)(H,29,31)/b28-17+. The van der Waals surface area contributed by atoms with Crippen molar-refractivity contribution in [2.24, 2.45) is 5.10 Å². The Morgan fingerprint density at radius 1 is 0.829 bits per heavy atom. The minimum atomic E-state index is -0.930. The Bertz CT molecular complexity index is 1220. The monoisotopic (exact) mass is 475 g/mol. The number of benzene rings is 3. The molecule has 0 aliphatic carbocycles. The van der Waals surface area contributed by atoms with Gasteiger partial charge in [-0.2, -0.15) is 5.10 Å². The van der Waals surface area contributed by atoms with Crippen LogP contribution in [0.1, 0.15) is 29.8 Å². The van der Waals surface area contributed by atoms with E-state index in [0.29, 0.717) is 46.4 Å². The van der Waals surface area contributed by atoms with Crippen LogP contribution in [0.5, 0.6) is 17.2 Å². The number of rotatable bonds is 8. The Kier molecular flexibility index (Phi) is 8.55. The van der Waals surface area contributed by atoms with Gasteiger partial charge in [0.1, 0.15) is 17.2 Å². The van der Waals surface area contributed by atoms with E-state index in [-0.39, 0.29) is 0 Å². The van der Waals surface area contributed by atoms with Gasteiger partial charge in [-0.05, 0) is 80.1 Å². The third-order valence-corrected chi connectivity index (χ3v) is 4.77. The van der Waals surface area contributed by atoms with Gasteiger partial charge in [0.15, 0.2) is 0 Å². The molecule has 0 spiro atoms. The Morgan fingerprint density at radius 2 is 1.46 bits per heavy atom. The van der Waals surface area contributed by atoms with Gasteiger partial charge in [0.05, 0.1) is 30.7 Å². The van der Waals surface area contributed by atoms with Crippen LogP contribution in [0.4, 0.5) is 5.69 Å². The van der Waals surface area contributed by atoms with Gasteiger partial charge in [0, 0.05) is 0 Å². The van der Waals surface area contributed by atoms with Crippen LogP contribution < -0.4 is 25.0 Å². The zero-order valence-electron chi connectivity index (χ0n) is 19.5. The van der Waals surface area contributed by atoms with Crippen LogP contribution in [0.25, 0.3) is 0 Å². The van der Waals surface area contributed by atoms with Crippen LogP contribution in [-0.2, 0) is 9.59 Å². The average molecular weight is 476 g/mol. The van der Waals surface area contributed by atoms with Gasteiger partial charge in [-0.25, -0.2) is 10.2 Å². The number of hydrogen-bond donors (Lipinski definition) is 2. The summed E-state index contributed by atoms with van der Waals surface area (Å²) >= 11 is 0. The first-order valence-electron chi connectivity index (χ1n) is 10.8. The molecule has 3 aromatic rings. The normalized spacial score (nSPS) is 10.8. The van der Waals surface area contributed by atoms with Gasteiger partial charge in [0.25, 0.3) is 0 Å². The molecule has 0 bridgehead atoms. The highest BCUT2D eigenvalue weighted by molar-refractivity contribution is 6.39. The molecule has 180 valence electrons. The third kappa shape index (κ3) is 6.91. The number of ether oxygens (including phenoxy) is 3. The van der Waals surface area contributed by atoms with E-state index in [0.717, 1.165) is 0 Å². The second kappa shape index (κ2) is 12.0. The van der Waals surface area contributed by atoms with Gasteiger partial charge in [0.2, 0.25) is 0 Å². The average Bonchev–Trinajstić information content (AvgIpc) is 2.88. The van der Waals surface area contributed by atoms with E-state index >= 15 is 0 Å². The lowest BCUT2D eigenvalue weighted by atomic mass is 10.1. The molecule has 2 N–H and O–H groups in total. The van der Waals surface area contributed by atoms with Gasteiger partial charge in [-0.1, -0.05) is 12.1 Å². The second-order valence-electron chi connectivity index (χ2n) is 7.16. The van der Waals surface area contributed by atoms with Gasteiger partial charge in [-0.15, -0.1) is 0 Å². The highest BCUT2D eigenvalue weighted by Gasteiger charge is 2.16. The van der Waals surface area contributed by atoms with Crippen molar-refractivity contribution < 1.29 is 28.6 Å². The van der Waals surface area contributed by atoms with Crippen molar-refractivity contribution in [2.45, 2.75) is 13.8 Å². The summed E-state index contributed by atoms with van der Waals surface area (Å²) in [5.41, 5.74) is 4.12. The van der Waals surface area contributed by atoms with Crippen molar-refractivity contribution in [2.75, 3.05) is 19.0 Å². The largest absolute Gasteiger partial charge is 0.497 e. The fourth-order valence-electron chi connectivity index (χ4n) is 2.94. The van der Waals surface area contributed by atoms with Gasteiger partial charge in [-0.3, -0.25) is 9.59 Å². The topological polar surface area (TPSA) is 115 Å². The van der Waals surface area contributed by atoms with E-state index in [1.165, 1.54) is 0 Å². The van der Waals surface area contributed by atoms with Crippen molar-refractivity contribution in [3.63, 3.8) is 0 Å². The molecule has 0 saturated carbocycles. The smallest absolute Gasteiger partial charge is 0.343 e. The summed E-state index contributed by atoms with van der Waals surface area (Å²) in [5, 5.41) is 6.48. The summed E-state index contributed by atoms with van der Waals surface area (Å²) in [6.07, 6.45) is 0. The number of esters is 1. The van der Waals surface area contributed by atoms with Crippen molar-refractivity contribution in [1.29, 1.82) is 0 Å². The Labute approximate surface area is 202 Å². The zero-order chi connectivity index (χ0) is 25.2. The molecular formula is C26H25N3O6. The number of carbonyl (C=O) groups excluding carboxylic acids is 3. The molecule has 0 radical (unpaired) electrons. The fraction of sp³-hybridized carbons (Fsp3) is 0.154. The maximum atomic E-state index is 12.3. The van der Waals surface area contributed by atoms with E-state index in [1.807, 2.05) is 6.92 Å². The molecule has 9 nitrogen and oxygen atoms in total. The minimum Gasteiger partial charge on any atom is -0.497 e. The van der Waals surface area contributed by atoms with Crippen LogP contribution in [0.2, 0.25) is 0 Å². The quantitative estimate of drug-likeness (QED) is 0.168. The van der Waals surface area contributed by atoms with E-state index in [4.69, 9.17) is 14.2 Å². The molecule has 3 rings (SSSR count). The number of methoxy groups -OCH3 is 1. The number of anilines is 1.